The van der Waals surface area contributed by atoms with E-state index < -0.39 is 0 Å². The van der Waals surface area contributed by atoms with Crippen molar-refractivity contribution in [3.05, 3.63) is 28.2 Å². The van der Waals surface area contributed by atoms with E-state index in [4.69, 9.17) is 9.47 Å². The quantitative estimate of drug-likeness (QED) is 0.857. The number of rotatable bonds is 4. The zero-order valence-corrected chi connectivity index (χ0v) is 12.0. The predicted octanol–water partition coefficient (Wildman–Crippen LogP) is 3.14. The zero-order chi connectivity index (χ0) is 13.0. The second-order valence-electron chi connectivity index (χ2n) is 4.47. The van der Waals surface area contributed by atoms with Gasteiger partial charge < -0.3 is 9.47 Å². The van der Waals surface area contributed by atoms with Crippen LogP contribution < -0.4 is 4.74 Å². The molecule has 1 unspecified atom stereocenters. The van der Waals surface area contributed by atoms with Crippen molar-refractivity contribution < 1.29 is 14.3 Å². The molecule has 0 amide bonds. The molecule has 0 radical (unpaired) electrons. The van der Waals surface area contributed by atoms with E-state index in [-0.39, 0.29) is 11.9 Å². The molecule has 0 spiro atoms. The molecule has 1 atom stereocenters. The molecule has 0 aromatic heterocycles. The van der Waals surface area contributed by atoms with Crippen molar-refractivity contribution in [2.75, 3.05) is 13.7 Å². The number of benzene rings is 1. The van der Waals surface area contributed by atoms with Gasteiger partial charge in [0.2, 0.25) is 0 Å². The highest BCUT2D eigenvalue weighted by atomic mass is 79.9. The minimum Gasteiger partial charge on any atom is -0.496 e. The van der Waals surface area contributed by atoms with Crippen LogP contribution in [-0.4, -0.2) is 25.6 Å². The number of halogens is 1. The molecule has 0 N–H and O–H groups in total. The Morgan fingerprint density at radius 1 is 1.50 bits per heavy atom. The van der Waals surface area contributed by atoms with E-state index >= 15 is 0 Å². The van der Waals surface area contributed by atoms with E-state index in [1.807, 2.05) is 18.2 Å². The number of carbonyl (C=O) groups is 1. The first-order valence-electron chi connectivity index (χ1n) is 6.17. The normalized spacial score (nSPS) is 19.6. The summed E-state index contributed by atoms with van der Waals surface area (Å²) in [5, 5.41) is 0. The van der Waals surface area contributed by atoms with Gasteiger partial charge in [-0.1, -0.05) is 6.07 Å². The van der Waals surface area contributed by atoms with E-state index in [0.29, 0.717) is 13.0 Å². The highest BCUT2D eigenvalue weighted by Gasteiger charge is 2.21. The first-order valence-corrected chi connectivity index (χ1v) is 6.96. The minimum absolute atomic E-state index is 0.173. The molecule has 0 aliphatic carbocycles. The first-order chi connectivity index (χ1) is 8.70. The van der Waals surface area contributed by atoms with Crippen LogP contribution in [0.1, 0.15) is 24.8 Å². The Balaban J connectivity index is 2.00. The Morgan fingerprint density at radius 2 is 2.33 bits per heavy atom. The highest BCUT2D eigenvalue weighted by molar-refractivity contribution is 9.10. The van der Waals surface area contributed by atoms with Crippen LogP contribution in [0.4, 0.5) is 0 Å². The van der Waals surface area contributed by atoms with Crippen molar-refractivity contribution in [2.24, 2.45) is 0 Å². The lowest BCUT2D eigenvalue weighted by molar-refractivity contribution is -0.132. The van der Waals surface area contributed by atoms with Gasteiger partial charge in [-0.15, -0.1) is 0 Å². The Bertz CT molecular complexity index is 425. The van der Waals surface area contributed by atoms with Crippen molar-refractivity contribution in [3.8, 4) is 5.75 Å². The summed E-state index contributed by atoms with van der Waals surface area (Å²) in [4.78, 5) is 12.1. The van der Waals surface area contributed by atoms with Crippen LogP contribution in [0.5, 0.6) is 5.75 Å². The Labute approximate surface area is 116 Å². The maximum absolute atomic E-state index is 12.1. The van der Waals surface area contributed by atoms with Gasteiger partial charge in [0.1, 0.15) is 11.9 Å². The molecule has 98 valence electrons. The summed E-state index contributed by atoms with van der Waals surface area (Å²) < 4.78 is 11.5. The van der Waals surface area contributed by atoms with Crippen LogP contribution >= 0.6 is 15.9 Å². The summed E-state index contributed by atoms with van der Waals surface area (Å²) in [5.74, 6) is 0.951. The van der Waals surface area contributed by atoms with Gasteiger partial charge in [0.05, 0.1) is 11.6 Å². The summed E-state index contributed by atoms with van der Waals surface area (Å²) in [7, 11) is 1.63. The smallest absolute Gasteiger partial charge is 0.165 e. The van der Waals surface area contributed by atoms with Gasteiger partial charge in [-0.3, -0.25) is 4.79 Å². The maximum atomic E-state index is 12.1. The van der Waals surface area contributed by atoms with Gasteiger partial charge in [0, 0.05) is 13.0 Å². The van der Waals surface area contributed by atoms with Gasteiger partial charge in [-0.05, 0) is 52.9 Å². The van der Waals surface area contributed by atoms with E-state index in [1.165, 1.54) is 0 Å². The molecule has 1 aliphatic heterocycles. The van der Waals surface area contributed by atoms with Crippen LogP contribution in [0, 0.1) is 0 Å². The van der Waals surface area contributed by atoms with Gasteiger partial charge >= 0.3 is 0 Å². The zero-order valence-electron chi connectivity index (χ0n) is 10.4. The van der Waals surface area contributed by atoms with Crippen LogP contribution in [-0.2, 0) is 16.0 Å². The van der Waals surface area contributed by atoms with Crippen molar-refractivity contribution in [2.45, 2.75) is 31.8 Å². The fourth-order valence-electron chi connectivity index (χ4n) is 2.13. The van der Waals surface area contributed by atoms with Crippen molar-refractivity contribution in [3.63, 3.8) is 0 Å². The summed E-state index contributed by atoms with van der Waals surface area (Å²) >= 11 is 3.43. The number of methoxy groups -OCH3 is 1. The maximum Gasteiger partial charge on any atom is 0.165 e. The van der Waals surface area contributed by atoms with Crippen LogP contribution in [0.2, 0.25) is 0 Å². The molecule has 4 heteroatoms. The lowest BCUT2D eigenvalue weighted by atomic mass is 10.00. The summed E-state index contributed by atoms with van der Waals surface area (Å²) in [6, 6.07) is 5.72. The van der Waals surface area contributed by atoms with Crippen LogP contribution in [0.3, 0.4) is 0 Å². The molecule has 0 bridgehead atoms. The van der Waals surface area contributed by atoms with Gasteiger partial charge in [-0.2, -0.15) is 0 Å². The third kappa shape index (κ3) is 3.33. The number of ketones is 1. The molecule has 1 aromatic carbocycles. The molecule has 18 heavy (non-hydrogen) atoms. The van der Waals surface area contributed by atoms with E-state index in [2.05, 4.69) is 15.9 Å². The number of hydrogen-bond acceptors (Lipinski definition) is 3. The van der Waals surface area contributed by atoms with Gasteiger partial charge in [0.25, 0.3) is 0 Å². The molecular weight excluding hydrogens is 296 g/mol. The standard InChI is InChI=1S/C14H17BrO3/c1-17-13-6-5-10(8-11(13)15)9-12(16)14-4-2-3-7-18-14/h5-6,8,14H,2-4,7,9H2,1H3. The largest absolute Gasteiger partial charge is 0.496 e. The van der Waals surface area contributed by atoms with Crippen LogP contribution in [0.25, 0.3) is 0 Å². The van der Waals surface area contributed by atoms with Crippen molar-refractivity contribution in [1.29, 1.82) is 0 Å². The second-order valence-corrected chi connectivity index (χ2v) is 5.32. The van der Waals surface area contributed by atoms with E-state index in [1.54, 1.807) is 7.11 Å². The van der Waals surface area contributed by atoms with Crippen molar-refractivity contribution >= 4 is 21.7 Å². The third-order valence-electron chi connectivity index (χ3n) is 3.13. The minimum atomic E-state index is -0.209. The van der Waals surface area contributed by atoms with E-state index in [0.717, 1.165) is 35.0 Å². The molecule has 1 heterocycles. The molecule has 3 nitrogen and oxygen atoms in total. The summed E-state index contributed by atoms with van der Waals surface area (Å²) in [6.07, 6.45) is 3.23. The van der Waals surface area contributed by atoms with Crippen LogP contribution in [0.15, 0.2) is 22.7 Å². The fourth-order valence-corrected chi connectivity index (χ4v) is 2.72. The number of hydrogen-bond donors (Lipinski definition) is 0. The fraction of sp³-hybridized carbons (Fsp3) is 0.500. The molecule has 1 fully saturated rings. The first kappa shape index (κ1) is 13.6. The Kier molecular flexibility index (Phi) is 4.78. The molecule has 0 saturated carbocycles. The average molecular weight is 313 g/mol. The van der Waals surface area contributed by atoms with E-state index in [9.17, 15) is 4.79 Å². The number of Topliss-reactive ketones (excluding diaryl/α,β-unsaturated/α-hetero) is 1. The number of carbonyl (C=O) groups excluding carboxylic acids is 1. The topological polar surface area (TPSA) is 35.5 Å². The molecule has 2 rings (SSSR count). The van der Waals surface area contributed by atoms with Crippen molar-refractivity contribution in [1.82, 2.24) is 0 Å². The average Bonchev–Trinajstić information content (AvgIpc) is 2.40. The molecular formula is C14H17BrO3. The Hall–Kier alpha value is -0.870. The SMILES string of the molecule is COc1ccc(CC(=O)C2CCCCO2)cc1Br. The molecule has 1 aromatic rings. The molecule has 1 saturated heterocycles. The number of ether oxygens (including phenoxy) is 2. The predicted molar refractivity (Wildman–Crippen MR) is 73.0 cm³/mol. The summed E-state index contributed by atoms with van der Waals surface area (Å²) in [6.45, 7) is 0.711. The monoisotopic (exact) mass is 312 g/mol. The summed E-state index contributed by atoms with van der Waals surface area (Å²) in [5.41, 5.74) is 0.988. The molecule has 1 aliphatic rings. The third-order valence-corrected chi connectivity index (χ3v) is 3.75. The lowest BCUT2D eigenvalue weighted by Crippen LogP contribution is -2.29. The lowest BCUT2D eigenvalue weighted by Gasteiger charge is -2.21. The Morgan fingerprint density at radius 3 is 2.94 bits per heavy atom. The highest BCUT2D eigenvalue weighted by Crippen LogP contribution is 2.26. The van der Waals surface area contributed by atoms with Gasteiger partial charge in [0.15, 0.2) is 5.78 Å². The van der Waals surface area contributed by atoms with Gasteiger partial charge in [-0.25, -0.2) is 0 Å². The second kappa shape index (κ2) is 6.34.